The maximum atomic E-state index is 13.2. The van der Waals surface area contributed by atoms with Crippen LogP contribution in [-0.2, 0) is 13.1 Å². The fraction of sp³-hybridized carbons (Fsp3) is 0.304. The van der Waals surface area contributed by atoms with E-state index in [1.807, 2.05) is 64.3 Å². The van der Waals surface area contributed by atoms with Crippen molar-refractivity contribution in [3.05, 3.63) is 77.6 Å². The summed E-state index contributed by atoms with van der Waals surface area (Å²) in [7, 11) is 3.28. The number of hydrogen-bond donors (Lipinski definition) is 0. The van der Waals surface area contributed by atoms with Crippen LogP contribution in [0.3, 0.4) is 0 Å². The smallest absolute Gasteiger partial charge is 0.254 e. The Morgan fingerprint density at radius 3 is 2.55 bits per heavy atom. The number of methoxy groups -OCH3 is 2. The van der Waals surface area contributed by atoms with Gasteiger partial charge in [-0.25, -0.2) is 0 Å². The van der Waals surface area contributed by atoms with E-state index in [4.69, 9.17) is 9.47 Å². The van der Waals surface area contributed by atoms with Gasteiger partial charge >= 0.3 is 0 Å². The zero-order chi connectivity index (χ0) is 20.2. The van der Waals surface area contributed by atoms with Crippen LogP contribution < -0.4 is 9.47 Å². The van der Waals surface area contributed by atoms with Crippen LogP contribution in [0.25, 0.3) is 0 Å². The predicted molar refractivity (Wildman–Crippen MR) is 110 cm³/mol. The number of rotatable bonds is 8. The standard InChI is InChI=1S/C23H25N3O3/c1-28-21-10-11-22(29-2)19(14-21)16-26(20-8-9-20)23(27)18-6-4-17(5-7-18)15-25-13-3-12-24-25/h3-7,10-14,20H,8-9,15-16H2,1-2H3. The molecule has 150 valence electrons. The Hall–Kier alpha value is -3.28. The van der Waals surface area contributed by atoms with Crippen molar-refractivity contribution in [1.82, 2.24) is 14.7 Å². The Bertz CT molecular complexity index is 964. The Kier molecular flexibility index (Phi) is 5.51. The topological polar surface area (TPSA) is 56.6 Å². The van der Waals surface area contributed by atoms with E-state index in [-0.39, 0.29) is 11.9 Å². The zero-order valence-corrected chi connectivity index (χ0v) is 16.7. The van der Waals surface area contributed by atoms with Gasteiger partial charge in [0.25, 0.3) is 5.91 Å². The average Bonchev–Trinajstić information content (AvgIpc) is 3.47. The number of carbonyl (C=O) groups is 1. The van der Waals surface area contributed by atoms with E-state index in [0.29, 0.717) is 18.7 Å². The van der Waals surface area contributed by atoms with E-state index < -0.39 is 0 Å². The molecule has 6 heteroatoms. The van der Waals surface area contributed by atoms with Crippen LogP contribution in [0.5, 0.6) is 11.5 Å². The SMILES string of the molecule is COc1ccc(OC)c(CN(C(=O)c2ccc(Cn3cccn3)cc2)C2CC2)c1. The molecule has 0 spiro atoms. The van der Waals surface area contributed by atoms with Gasteiger partial charge < -0.3 is 14.4 Å². The lowest BCUT2D eigenvalue weighted by Crippen LogP contribution is -2.32. The number of amides is 1. The first-order chi connectivity index (χ1) is 14.2. The van der Waals surface area contributed by atoms with Gasteiger partial charge in [0, 0.05) is 29.6 Å². The normalized spacial score (nSPS) is 13.2. The van der Waals surface area contributed by atoms with E-state index in [0.717, 1.165) is 35.5 Å². The lowest BCUT2D eigenvalue weighted by Gasteiger charge is -2.24. The maximum Gasteiger partial charge on any atom is 0.254 e. The van der Waals surface area contributed by atoms with Gasteiger partial charge in [0.15, 0.2) is 0 Å². The zero-order valence-electron chi connectivity index (χ0n) is 16.7. The molecule has 1 aliphatic carbocycles. The largest absolute Gasteiger partial charge is 0.497 e. The van der Waals surface area contributed by atoms with Crippen molar-refractivity contribution in [3.8, 4) is 11.5 Å². The van der Waals surface area contributed by atoms with Crippen LogP contribution >= 0.6 is 0 Å². The molecule has 1 aromatic heterocycles. The van der Waals surface area contributed by atoms with E-state index in [9.17, 15) is 4.79 Å². The van der Waals surface area contributed by atoms with Gasteiger partial charge in [-0.15, -0.1) is 0 Å². The molecular formula is C23H25N3O3. The summed E-state index contributed by atoms with van der Waals surface area (Å²) in [5.41, 5.74) is 2.75. The van der Waals surface area contributed by atoms with Crippen molar-refractivity contribution in [2.75, 3.05) is 14.2 Å². The summed E-state index contributed by atoms with van der Waals surface area (Å²) in [5.74, 6) is 1.56. The van der Waals surface area contributed by atoms with Crippen molar-refractivity contribution < 1.29 is 14.3 Å². The van der Waals surface area contributed by atoms with Crippen molar-refractivity contribution in [2.45, 2.75) is 32.0 Å². The van der Waals surface area contributed by atoms with Crippen molar-refractivity contribution in [3.63, 3.8) is 0 Å². The molecule has 0 N–H and O–H groups in total. The first kappa shape index (κ1) is 19.1. The lowest BCUT2D eigenvalue weighted by molar-refractivity contribution is 0.0728. The summed E-state index contributed by atoms with van der Waals surface area (Å²) in [6.07, 6.45) is 5.76. The second-order valence-corrected chi connectivity index (χ2v) is 7.24. The molecule has 0 bridgehead atoms. The minimum atomic E-state index is 0.0445. The van der Waals surface area contributed by atoms with Gasteiger partial charge in [-0.2, -0.15) is 5.10 Å². The number of carbonyl (C=O) groups excluding carboxylic acids is 1. The number of benzene rings is 2. The average molecular weight is 391 g/mol. The number of hydrogen-bond acceptors (Lipinski definition) is 4. The van der Waals surface area contributed by atoms with E-state index in [1.54, 1.807) is 20.4 Å². The summed E-state index contributed by atoms with van der Waals surface area (Å²) in [6.45, 7) is 1.19. The molecular weight excluding hydrogens is 366 g/mol. The molecule has 6 nitrogen and oxygen atoms in total. The van der Waals surface area contributed by atoms with Crippen molar-refractivity contribution in [1.29, 1.82) is 0 Å². The van der Waals surface area contributed by atoms with Crippen molar-refractivity contribution in [2.24, 2.45) is 0 Å². The summed E-state index contributed by atoms with van der Waals surface area (Å²) in [4.78, 5) is 15.2. The van der Waals surface area contributed by atoms with Crippen LogP contribution in [0.2, 0.25) is 0 Å². The molecule has 1 aliphatic rings. The molecule has 1 fully saturated rings. The third-order valence-electron chi connectivity index (χ3n) is 5.18. The summed E-state index contributed by atoms with van der Waals surface area (Å²) in [6, 6.07) is 15.7. The fourth-order valence-corrected chi connectivity index (χ4v) is 3.44. The highest BCUT2D eigenvalue weighted by molar-refractivity contribution is 5.94. The minimum absolute atomic E-state index is 0.0445. The monoisotopic (exact) mass is 391 g/mol. The number of nitrogens with zero attached hydrogens (tertiary/aromatic N) is 3. The Morgan fingerprint density at radius 2 is 1.93 bits per heavy atom. The summed E-state index contributed by atoms with van der Waals surface area (Å²) in [5, 5.41) is 4.23. The van der Waals surface area contributed by atoms with Gasteiger partial charge in [0.05, 0.1) is 27.3 Å². The molecule has 3 aromatic rings. The van der Waals surface area contributed by atoms with Gasteiger partial charge in [0.2, 0.25) is 0 Å². The molecule has 0 saturated heterocycles. The van der Waals surface area contributed by atoms with E-state index in [1.165, 1.54) is 0 Å². The van der Waals surface area contributed by atoms with Crippen molar-refractivity contribution >= 4 is 5.91 Å². The molecule has 0 atom stereocenters. The Morgan fingerprint density at radius 1 is 1.14 bits per heavy atom. The molecule has 1 saturated carbocycles. The van der Waals surface area contributed by atoms with Crippen LogP contribution in [0.1, 0.15) is 34.3 Å². The molecule has 1 amide bonds. The minimum Gasteiger partial charge on any atom is -0.497 e. The maximum absolute atomic E-state index is 13.2. The number of ether oxygens (including phenoxy) is 2. The third kappa shape index (κ3) is 4.42. The van der Waals surface area contributed by atoms with Gasteiger partial charge in [0.1, 0.15) is 11.5 Å². The highest BCUT2D eigenvalue weighted by Crippen LogP contribution is 2.33. The molecule has 0 aliphatic heterocycles. The van der Waals surface area contributed by atoms with E-state index >= 15 is 0 Å². The van der Waals surface area contributed by atoms with Crippen LogP contribution in [0.15, 0.2) is 60.9 Å². The Labute approximate surface area is 170 Å². The lowest BCUT2D eigenvalue weighted by atomic mass is 10.1. The second-order valence-electron chi connectivity index (χ2n) is 7.24. The van der Waals surface area contributed by atoms with Crippen LogP contribution in [0, 0.1) is 0 Å². The molecule has 2 aromatic carbocycles. The third-order valence-corrected chi connectivity index (χ3v) is 5.18. The first-order valence-corrected chi connectivity index (χ1v) is 9.76. The quantitative estimate of drug-likeness (QED) is 0.587. The summed E-state index contributed by atoms with van der Waals surface area (Å²) >= 11 is 0. The second kappa shape index (κ2) is 8.39. The molecule has 1 heterocycles. The summed E-state index contributed by atoms with van der Waals surface area (Å²) < 4.78 is 12.7. The van der Waals surface area contributed by atoms with Crippen LogP contribution in [0.4, 0.5) is 0 Å². The highest BCUT2D eigenvalue weighted by atomic mass is 16.5. The number of aromatic nitrogens is 2. The van der Waals surface area contributed by atoms with Gasteiger partial charge in [-0.05, 0) is 54.8 Å². The van der Waals surface area contributed by atoms with Crippen LogP contribution in [-0.4, -0.2) is 40.8 Å². The molecule has 0 radical (unpaired) electrons. The van der Waals surface area contributed by atoms with E-state index in [2.05, 4.69) is 5.10 Å². The molecule has 4 rings (SSSR count). The van der Waals surface area contributed by atoms with Gasteiger partial charge in [-0.3, -0.25) is 9.48 Å². The molecule has 0 unspecified atom stereocenters. The highest BCUT2D eigenvalue weighted by Gasteiger charge is 2.33. The molecule has 29 heavy (non-hydrogen) atoms. The first-order valence-electron chi connectivity index (χ1n) is 9.76. The predicted octanol–water partition coefficient (Wildman–Crippen LogP) is 3.75. The van der Waals surface area contributed by atoms with Gasteiger partial charge in [-0.1, -0.05) is 12.1 Å². The Balaban J connectivity index is 1.52. The fourth-order valence-electron chi connectivity index (χ4n) is 3.44.